The van der Waals surface area contributed by atoms with Crippen LogP contribution in [0.4, 0.5) is 0 Å². The smallest absolute Gasteiger partial charge is 0.165 e. The van der Waals surface area contributed by atoms with E-state index in [1.807, 2.05) is 0 Å². The van der Waals surface area contributed by atoms with E-state index in [4.69, 9.17) is 15.0 Å². The minimum Gasteiger partial charge on any atom is -0.208 e. The molecule has 0 aliphatic heterocycles. The van der Waals surface area contributed by atoms with Crippen molar-refractivity contribution >= 4 is 73.8 Å². The second-order valence-electron chi connectivity index (χ2n) is 12.0. The summed E-state index contributed by atoms with van der Waals surface area (Å²) in [4.78, 5) is 15.6. The lowest BCUT2D eigenvalue weighted by Gasteiger charge is -2.11. The topological polar surface area (TPSA) is 38.7 Å². The molecule has 0 unspecified atom stereocenters. The number of thiophene rings is 2. The highest BCUT2D eigenvalue weighted by molar-refractivity contribution is 7.26. The highest BCUT2D eigenvalue weighted by Crippen LogP contribution is 2.42. The first-order chi connectivity index (χ1) is 23.8. The lowest BCUT2D eigenvalue weighted by Crippen LogP contribution is -2.00. The largest absolute Gasteiger partial charge is 0.208 e. The van der Waals surface area contributed by atoms with Crippen LogP contribution in [0, 0.1) is 0 Å². The van der Waals surface area contributed by atoms with Gasteiger partial charge in [0.25, 0.3) is 0 Å². The lowest BCUT2D eigenvalue weighted by atomic mass is 10.00. The summed E-state index contributed by atoms with van der Waals surface area (Å²) in [5.74, 6) is 2.03. The Kier molecular flexibility index (Phi) is 6.22. The monoisotopic (exact) mass is 647 g/mol. The number of hydrogen-bond donors (Lipinski definition) is 0. The van der Waals surface area contributed by atoms with Crippen LogP contribution in [0.3, 0.4) is 0 Å². The van der Waals surface area contributed by atoms with Crippen molar-refractivity contribution in [2.45, 2.75) is 0 Å². The summed E-state index contributed by atoms with van der Waals surface area (Å²) < 4.78 is 4.93. The average molecular weight is 648 g/mol. The number of hydrogen-bond acceptors (Lipinski definition) is 5. The van der Waals surface area contributed by atoms with E-state index in [0.717, 1.165) is 22.3 Å². The molecular weight excluding hydrogens is 623 g/mol. The van der Waals surface area contributed by atoms with Crippen molar-refractivity contribution in [3.05, 3.63) is 152 Å². The van der Waals surface area contributed by atoms with Gasteiger partial charge >= 0.3 is 0 Å². The van der Waals surface area contributed by atoms with Gasteiger partial charge in [-0.05, 0) is 52.2 Å². The molecule has 0 saturated carbocycles. The highest BCUT2D eigenvalue weighted by Gasteiger charge is 2.19. The molecule has 7 aromatic carbocycles. The molecule has 10 rings (SSSR count). The standard InChI is InChI=1S/C43H25N3S2/c1-2-10-29-25-30(24-21-26(29)9-1)27-19-22-28(23-20-27)41-44-42(34-14-8-18-38-39(34)33-12-4-6-17-37(33)47-38)46-43(45-41)35-15-7-13-32-31-11-3-5-16-36(31)48-40(32)35/h1-25H. The third-order valence-electron chi connectivity index (χ3n) is 9.15. The van der Waals surface area contributed by atoms with Crippen LogP contribution in [0.15, 0.2) is 152 Å². The van der Waals surface area contributed by atoms with Gasteiger partial charge in [-0.25, -0.2) is 15.0 Å². The van der Waals surface area contributed by atoms with Gasteiger partial charge in [-0.2, -0.15) is 0 Å². The first-order valence-electron chi connectivity index (χ1n) is 15.9. The predicted octanol–water partition coefficient (Wildman–Crippen LogP) is 12.4. The van der Waals surface area contributed by atoms with Crippen LogP contribution in [0.1, 0.15) is 0 Å². The van der Waals surface area contributed by atoms with Gasteiger partial charge in [-0.3, -0.25) is 0 Å². The Hall–Kier alpha value is -5.75. The van der Waals surface area contributed by atoms with Gasteiger partial charge in [0.2, 0.25) is 0 Å². The van der Waals surface area contributed by atoms with Gasteiger partial charge in [0.15, 0.2) is 17.5 Å². The number of fused-ring (bicyclic) bond motifs is 7. The molecule has 3 heterocycles. The number of aromatic nitrogens is 3. The summed E-state index contributed by atoms with van der Waals surface area (Å²) in [5, 5.41) is 7.37. The second-order valence-corrected chi connectivity index (χ2v) is 14.1. The average Bonchev–Trinajstić information content (AvgIpc) is 3.73. The molecule has 3 aromatic heterocycles. The molecule has 3 nitrogen and oxygen atoms in total. The van der Waals surface area contributed by atoms with Crippen molar-refractivity contribution in [1.82, 2.24) is 15.0 Å². The van der Waals surface area contributed by atoms with Crippen LogP contribution in [0.5, 0.6) is 0 Å². The molecule has 0 N–H and O–H groups in total. The molecule has 5 heteroatoms. The van der Waals surface area contributed by atoms with Crippen molar-refractivity contribution in [3.8, 4) is 45.3 Å². The van der Waals surface area contributed by atoms with Crippen molar-refractivity contribution in [2.24, 2.45) is 0 Å². The van der Waals surface area contributed by atoms with Gasteiger partial charge in [0, 0.05) is 57.0 Å². The summed E-state index contributed by atoms with van der Waals surface area (Å²) in [5.41, 5.74) is 5.34. The molecule has 224 valence electrons. The van der Waals surface area contributed by atoms with Gasteiger partial charge in [-0.15, -0.1) is 22.7 Å². The molecule has 0 spiro atoms. The minimum atomic E-state index is 0.662. The Bertz CT molecular complexity index is 2850. The first kappa shape index (κ1) is 27.4. The van der Waals surface area contributed by atoms with E-state index in [9.17, 15) is 0 Å². The molecule has 0 aliphatic rings. The maximum absolute atomic E-state index is 5.24. The zero-order chi connectivity index (χ0) is 31.6. The Labute approximate surface area is 284 Å². The molecule has 0 radical (unpaired) electrons. The van der Waals surface area contributed by atoms with Crippen LogP contribution in [0.25, 0.3) is 96.4 Å². The normalized spacial score (nSPS) is 11.8. The maximum atomic E-state index is 5.24. The van der Waals surface area contributed by atoms with E-state index in [2.05, 4.69) is 152 Å². The van der Waals surface area contributed by atoms with Crippen LogP contribution < -0.4 is 0 Å². The number of nitrogens with zero attached hydrogens (tertiary/aromatic N) is 3. The van der Waals surface area contributed by atoms with Crippen molar-refractivity contribution in [1.29, 1.82) is 0 Å². The Morgan fingerprint density at radius 3 is 1.79 bits per heavy atom. The lowest BCUT2D eigenvalue weighted by molar-refractivity contribution is 1.08. The third kappa shape index (κ3) is 4.43. The summed E-state index contributed by atoms with van der Waals surface area (Å²) in [6, 6.07) is 53.8. The van der Waals surface area contributed by atoms with E-state index in [1.165, 1.54) is 56.7 Å². The molecule has 0 fully saturated rings. The van der Waals surface area contributed by atoms with Crippen LogP contribution in [-0.4, -0.2) is 15.0 Å². The zero-order valence-electron chi connectivity index (χ0n) is 25.6. The summed E-state index contributed by atoms with van der Waals surface area (Å²) in [6.45, 7) is 0. The fourth-order valence-electron chi connectivity index (χ4n) is 6.81. The number of benzene rings is 7. The SMILES string of the molecule is c1ccc2cc(-c3ccc(-c4nc(-c5cccc6c5sc5ccccc56)nc(-c5cccc6sc7ccccc7c56)n4)cc3)ccc2c1. The van der Waals surface area contributed by atoms with Crippen LogP contribution in [-0.2, 0) is 0 Å². The maximum Gasteiger partial charge on any atom is 0.165 e. The molecule has 48 heavy (non-hydrogen) atoms. The molecule has 10 aromatic rings. The quantitative estimate of drug-likeness (QED) is 0.191. The summed E-state index contributed by atoms with van der Waals surface area (Å²) in [7, 11) is 0. The molecule has 0 saturated heterocycles. The fraction of sp³-hybridized carbons (Fsp3) is 0. The van der Waals surface area contributed by atoms with Gasteiger partial charge in [-0.1, -0.05) is 121 Å². The van der Waals surface area contributed by atoms with E-state index in [-0.39, 0.29) is 0 Å². The van der Waals surface area contributed by atoms with Gasteiger partial charge in [0.05, 0.1) is 0 Å². The number of rotatable bonds is 4. The molecule has 0 atom stereocenters. The van der Waals surface area contributed by atoms with E-state index in [0.29, 0.717) is 17.5 Å². The fourth-order valence-corrected chi connectivity index (χ4v) is 9.15. The zero-order valence-corrected chi connectivity index (χ0v) is 27.2. The van der Waals surface area contributed by atoms with Crippen molar-refractivity contribution in [2.75, 3.05) is 0 Å². The minimum absolute atomic E-state index is 0.662. The molecule has 0 bridgehead atoms. The summed E-state index contributed by atoms with van der Waals surface area (Å²) in [6.07, 6.45) is 0. The Morgan fingerprint density at radius 1 is 0.354 bits per heavy atom. The van der Waals surface area contributed by atoms with Gasteiger partial charge in [0.1, 0.15) is 0 Å². The molecular formula is C43H25N3S2. The van der Waals surface area contributed by atoms with Crippen molar-refractivity contribution < 1.29 is 0 Å². The third-order valence-corrected chi connectivity index (χ3v) is 11.5. The van der Waals surface area contributed by atoms with E-state index < -0.39 is 0 Å². The predicted molar refractivity (Wildman–Crippen MR) is 205 cm³/mol. The van der Waals surface area contributed by atoms with Crippen LogP contribution >= 0.6 is 22.7 Å². The Morgan fingerprint density at radius 2 is 0.938 bits per heavy atom. The van der Waals surface area contributed by atoms with Crippen molar-refractivity contribution in [3.63, 3.8) is 0 Å². The second kappa shape index (κ2) is 10.9. The summed E-state index contributed by atoms with van der Waals surface area (Å²) >= 11 is 3.60. The Balaban J connectivity index is 1.18. The molecule has 0 aliphatic carbocycles. The van der Waals surface area contributed by atoms with E-state index in [1.54, 1.807) is 22.7 Å². The van der Waals surface area contributed by atoms with E-state index >= 15 is 0 Å². The molecule has 0 amide bonds. The van der Waals surface area contributed by atoms with Gasteiger partial charge < -0.3 is 0 Å². The highest BCUT2D eigenvalue weighted by atomic mass is 32.1. The first-order valence-corrected chi connectivity index (χ1v) is 17.6. The van der Waals surface area contributed by atoms with Crippen LogP contribution in [0.2, 0.25) is 0 Å².